The van der Waals surface area contributed by atoms with Gasteiger partial charge in [0.15, 0.2) is 0 Å². The second-order valence-electron chi connectivity index (χ2n) is 3.11. The molecule has 0 aromatic carbocycles. The van der Waals surface area contributed by atoms with E-state index in [1.165, 1.54) is 5.56 Å². The second kappa shape index (κ2) is 4.40. The molecule has 0 aliphatic heterocycles. The molecule has 15 heavy (non-hydrogen) atoms. The van der Waals surface area contributed by atoms with Gasteiger partial charge in [-0.05, 0) is 25.5 Å². The van der Waals surface area contributed by atoms with Crippen LogP contribution in [0.4, 0.5) is 0 Å². The highest BCUT2D eigenvalue weighted by Crippen LogP contribution is 2.28. The zero-order valence-electron chi connectivity index (χ0n) is 8.73. The summed E-state index contributed by atoms with van der Waals surface area (Å²) in [6.07, 6.45) is 3.62. The number of hydrogen-bond donors (Lipinski definition) is 0. The van der Waals surface area contributed by atoms with E-state index in [-0.39, 0.29) is 0 Å². The van der Waals surface area contributed by atoms with E-state index in [4.69, 9.17) is 4.74 Å². The van der Waals surface area contributed by atoms with Gasteiger partial charge in [-0.2, -0.15) is 0 Å². The molecule has 4 heteroatoms. The summed E-state index contributed by atoms with van der Waals surface area (Å²) >= 11 is 1.58. The number of nitrogens with zero attached hydrogens (tertiary/aromatic N) is 2. The fourth-order valence-corrected chi connectivity index (χ4v) is 2.10. The Hall–Kier alpha value is -1.42. The van der Waals surface area contributed by atoms with Crippen LogP contribution in [0, 0.1) is 6.92 Å². The van der Waals surface area contributed by atoms with E-state index in [2.05, 4.69) is 16.9 Å². The average Bonchev–Trinajstić information content (AvgIpc) is 2.68. The van der Waals surface area contributed by atoms with Crippen LogP contribution in [0.1, 0.15) is 12.5 Å². The van der Waals surface area contributed by atoms with Crippen molar-refractivity contribution < 1.29 is 4.74 Å². The normalized spacial score (nSPS) is 10.3. The molecule has 0 unspecified atom stereocenters. The number of ether oxygens (including phenoxy) is 1. The van der Waals surface area contributed by atoms with Crippen LogP contribution in [0.5, 0.6) is 5.88 Å². The molecule has 2 aromatic rings. The molecule has 0 aliphatic carbocycles. The van der Waals surface area contributed by atoms with Crippen molar-refractivity contribution in [1.82, 2.24) is 9.97 Å². The molecule has 0 radical (unpaired) electrons. The first kappa shape index (κ1) is 10.1. The molecule has 0 aliphatic rings. The summed E-state index contributed by atoms with van der Waals surface area (Å²) in [5.74, 6) is 0.695. The second-order valence-corrected chi connectivity index (χ2v) is 3.97. The molecule has 0 atom stereocenters. The third kappa shape index (κ3) is 2.15. The Kier molecular flexibility index (Phi) is 2.97. The Labute approximate surface area is 92.8 Å². The van der Waals surface area contributed by atoms with Crippen LogP contribution in [0.2, 0.25) is 0 Å². The minimum Gasteiger partial charge on any atom is -0.477 e. The topological polar surface area (TPSA) is 35.0 Å². The van der Waals surface area contributed by atoms with E-state index in [1.807, 2.05) is 24.6 Å². The molecule has 0 amide bonds. The zero-order chi connectivity index (χ0) is 10.7. The summed E-state index contributed by atoms with van der Waals surface area (Å²) in [6, 6.07) is 1.98. The van der Waals surface area contributed by atoms with Crippen molar-refractivity contribution in [2.24, 2.45) is 0 Å². The Morgan fingerprint density at radius 1 is 1.47 bits per heavy atom. The summed E-state index contributed by atoms with van der Waals surface area (Å²) in [4.78, 5) is 8.49. The van der Waals surface area contributed by atoms with Crippen molar-refractivity contribution in [1.29, 1.82) is 0 Å². The van der Waals surface area contributed by atoms with Crippen LogP contribution in [0.15, 0.2) is 23.8 Å². The third-order valence-electron chi connectivity index (χ3n) is 2.04. The van der Waals surface area contributed by atoms with Gasteiger partial charge < -0.3 is 4.74 Å². The molecule has 0 bridgehead atoms. The van der Waals surface area contributed by atoms with Crippen molar-refractivity contribution in [2.75, 3.05) is 6.61 Å². The SMILES string of the molecule is CCOc1csc(-c2cnccc2C)n1. The summed E-state index contributed by atoms with van der Waals surface area (Å²) in [5.41, 5.74) is 2.26. The fraction of sp³-hybridized carbons (Fsp3) is 0.273. The smallest absolute Gasteiger partial charge is 0.224 e. The zero-order valence-corrected chi connectivity index (χ0v) is 9.54. The molecule has 78 valence electrons. The number of hydrogen-bond acceptors (Lipinski definition) is 4. The molecule has 3 nitrogen and oxygen atoms in total. The van der Waals surface area contributed by atoms with Crippen molar-refractivity contribution in [3.05, 3.63) is 29.4 Å². The first-order valence-electron chi connectivity index (χ1n) is 4.80. The number of aryl methyl sites for hydroxylation is 1. The Balaban J connectivity index is 2.33. The van der Waals surface area contributed by atoms with Crippen LogP contribution >= 0.6 is 11.3 Å². The lowest BCUT2D eigenvalue weighted by atomic mass is 10.2. The standard InChI is InChI=1S/C11H12N2OS/c1-3-14-10-7-15-11(13-10)9-6-12-5-4-8(9)2/h4-7H,3H2,1-2H3. The monoisotopic (exact) mass is 220 g/mol. The van der Waals surface area contributed by atoms with Gasteiger partial charge >= 0.3 is 0 Å². The van der Waals surface area contributed by atoms with E-state index in [0.717, 1.165) is 10.6 Å². The van der Waals surface area contributed by atoms with Crippen molar-refractivity contribution in [3.8, 4) is 16.5 Å². The van der Waals surface area contributed by atoms with Gasteiger partial charge in [0.2, 0.25) is 5.88 Å². The highest BCUT2D eigenvalue weighted by molar-refractivity contribution is 7.13. The Morgan fingerprint density at radius 2 is 2.33 bits per heavy atom. The molecule has 2 heterocycles. The minimum absolute atomic E-state index is 0.648. The van der Waals surface area contributed by atoms with Crippen LogP contribution in [0.3, 0.4) is 0 Å². The Morgan fingerprint density at radius 3 is 3.07 bits per heavy atom. The van der Waals surface area contributed by atoms with E-state index in [1.54, 1.807) is 17.5 Å². The predicted octanol–water partition coefficient (Wildman–Crippen LogP) is 2.91. The maximum atomic E-state index is 5.33. The van der Waals surface area contributed by atoms with E-state index in [0.29, 0.717) is 12.5 Å². The van der Waals surface area contributed by atoms with Gasteiger partial charge in [-0.3, -0.25) is 4.98 Å². The fourth-order valence-electron chi connectivity index (χ4n) is 1.28. The number of aromatic nitrogens is 2. The highest BCUT2D eigenvalue weighted by Gasteiger charge is 2.07. The molecule has 2 aromatic heterocycles. The largest absolute Gasteiger partial charge is 0.477 e. The molecular formula is C11H12N2OS. The van der Waals surface area contributed by atoms with Gasteiger partial charge in [-0.25, -0.2) is 4.98 Å². The van der Waals surface area contributed by atoms with Gasteiger partial charge in [-0.1, -0.05) is 0 Å². The Bertz CT molecular complexity index is 453. The van der Waals surface area contributed by atoms with Gasteiger partial charge in [-0.15, -0.1) is 11.3 Å². The van der Waals surface area contributed by atoms with E-state index >= 15 is 0 Å². The van der Waals surface area contributed by atoms with Crippen molar-refractivity contribution in [2.45, 2.75) is 13.8 Å². The van der Waals surface area contributed by atoms with E-state index < -0.39 is 0 Å². The van der Waals surface area contributed by atoms with Gasteiger partial charge in [0.05, 0.1) is 12.0 Å². The lowest BCUT2D eigenvalue weighted by Gasteiger charge is -1.99. The maximum Gasteiger partial charge on any atom is 0.224 e. The predicted molar refractivity (Wildman–Crippen MR) is 61.3 cm³/mol. The van der Waals surface area contributed by atoms with Crippen LogP contribution in [-0.2, 0) is 0 Å². The van der Waals surface area contributed by atoms with Gasteiger partial charge in [0.1, 0.15) is 5.01 Å². The summed E-state index contributed by atoms with van der Waals surface area (Å²) in [6.45, 7) is 4.66. The van der Waals surface area contributed by atoms with Crippen molar-refractivity contribution in [3.63, 3.8) is 0 Å². The maximum absolute atomic E-state index is 5.33. The summed E-state index contributed by atoms with van der Waals surface area (Å²) in [7, 11) is 0. The minimum atomic E-state index is 0.648. The lowest BCUT2D eigenvalue weighted by molar-refractivity contribution is 0.329. The van der Waals surface area contributed by atoms with Gasteiger partial charge in [0, 0.05) is 18.0 Å². The number of thiazole rings is 1. The van der Waals surface area contributed by atoms with Crippen LogP contribution in [0.25, 0.3) is 10.6 Å². The molecule has 0 saturated heterocycles. The van der Waals surface area contributed by atoms with Gasteiger partial charge in [0.25, 0.3) is 0 Å². The number of pyridine rings is 1. The van der Waals surface area contributed by atoms with E-state index in [9.17, 15) is 0 Å². The first-order chi connectivity index (χ1) is 7.31. The molecule has 0 saturated carbocycles. The third-order valence-corrected chi connectivity index (χ3v) is 2.90. The molecular weight excluding hydrogens is 208 g/mol. The molecule has 0 fully saturated rings. The average molecular weight is 220 g/mol. The highest BCUT2D eigenvalue weighted by atomic mass is 32.1. The molecule has 0 N–H and O–H groups in total. The quantitative estimate of drug-likeness (QED) is 0.797. The van der Waals surface area contributed by atoms with Crippen molar-refractivity contribution >= 4 is 11.3 Å². The first-order valence-corrected chi connectivity index (χ1v) is 5.68. The molecule has 2 rings (SSSR count). The summed E-state index contributed by atoms with van der Waals surface area (Å²) in [5, 5.41) is 2.88. The summed E-state index contributed by atoms with van der Waals surface area (Å²) < 4.78 is 5.33. The molecule has 0 spiro atoms. The van der Waals surface area contributed by atoms with Crippen LogP contribution < -0.4 is 4.74 Å². The lowest BCUT2D eigenvalue weighted by Crippen LogP contribution is -1.91. The number of rotatable bonds is 3. The van der Waals surface area contributed by atoms with Crippen LogP contribution in [-0.4, -0.2) is 16.6 Å².